The van der Waals surface area contributed by atoms with Crippen molar-refractivity contribution >= 4 is 5.69 Å². The van der Waals surface area contributed by atoms with Crippen LogP contribution in [0, 0.1) is 0 Å². The van der Waals surface area contributed by atoms with Crippen LogP contribution in [0.4, 0.5) is 5.69 Å². The van der Waals surface area contributed by atoms with Crippen LogP contribution in [0.3, 0.4) is 0 Å². The Bertz CT molecular complexity index is 613. The van der Waals surface area contributed by atoms with Crippen molar-refractivity contribution in [3.63, 3.8) is 0 Å². The van der Waals surface area contributed by atoms with Gasteiger partial charge in [-0.05, 0) is 25.1 Å². The van der Waals surface area contributed by atoms with Crippen LogP contribution in [0.25, 0.3) is 5.69 Å². The molecule has 22 heavy (non-hydrogen) atoms. The van der Waals surface area contributed by atoms with Gasteiger partial charge in [-0.2, -0.15) is 5.10 Å². The van der Waals surface area contributed by atoms with Crippen LogP contribution in [0.2, 0.25) is 0 Å². The fourth-order valence-electron chi connectivity index (χ4n) is 2.46. The fourth-order valence-corrected chi connectivity index (χ4v) is 2.46. The molecule has 0 amide bonds. The van der Waals surface area contributed by atoms with Gasteiger partial charge in [0.05, 0.1) is 30.4 Å². The Morgan fingerprint density at radius 2 is 2.09 bits per heavy atom. The molecule has 5 nitrogen and oxygen atoms in total. The van der Waals surface area contributed by atoms with Gasteiger partial charge < -0.3 is 15.8 Å². The summed E-state index contributed by atoms with van der Waals surface area (Å²) < 4.78 is 7.30. The summed E-state index contributed by atoms with van der Waals surface area (Å²) in [6.07, 6.45) is 2.82. The molecule has 1 heterocycles. The molecule has 0 unspecified atom stereocenters. The smallest absolute Gasteiger partial charge is 0.121 e. The molecule has 0 spiro atoms. The molecular weight excluding hydrogens is 276 g/mol. The van der Waals surface area contributed by atoms with Crippen molar-refractivity contribution in [1.82, 2.24) is 9.78 Å². The number of hydrogen-bond donors (Lipinski definition) is 2. The Labute approximate surface area is 132 Å². The lowest BCUT2D eigenvalue weighted by molar-refractivity contribution is 0.414. The molecule has 3 N–H and O–H groups in total. The van der Waals surface area contributed by atoms with Crippen molar-refractivity contribution < 1.29 is 4.74 Å². The van der Waals surface area contributed by atoms with Gasteiger partial charge in [-0.25, -0.2) is 4.68 Å². The number of ether oxygens (including phenoxy) is 1. The molecule has 1 aromatic carbocycles. The highest BCUT2D eigenvalue weighted by Gasteiger charge is 2.24. The first-order chi connectivity index (χ1) is 10.5. The van der Waals surface area contributed by atoms with Crippen LogP contribution in [0.15, 0.2) is 30.5 Å². The molecule has 120 valence electrons. The zero-order valence-corrected chi connectivity index (χ0v) is 13.9. The second kappa shape index (κ2) is 6.83. The summed E-state index contributed by atoms with van der Waals surface area (Å²) in [5, 5.41) is 8.02. The Morgan fingerprint density at radius 3 is 2.73 bits per heavy atom. The quantitative estimate of drug-likeness (QED) is 0.805. The van der Waals surface area contributed by atoms with Crippen molar-refractivity contribution in [2.45, 2.75) is 32.6 Å². The number of anilines is 1. The van der Waals surface area contributed by atoms with Gasteiger partial charge in [0, 0.05) is 18.0 Å². The Morgan fingerprint density at radius 1 is 1.32 bits per heavy atom. The molecule has 0 saturated heterocycles. The Kier molecular flexibility index (Phi) is 5.08. The predicted molar refractivity (Wildman–Crippen MR) is 91.0 cm³/mol. The third kappa shape index (κ3) is 3.60. The maximum Gasteiger partial charge on any atom is 0.121 e. The van der Waals surface area contributed by atoms with E-state index in [1.54, 1.807) is 7.11 Å². The normalized spacial score (nSPS) is 11.5. The van der Waals surface area contributed by atoms with Gasteiger partial charge in [0.15, 0.2) is 0 Å². The molecule has 0 aliphatic carbocycles. The van der Waals surface area contributed by atoms with Crippen LogP contribution < -0.4 is 15.8 Å². The van der Waals surface area contributed by atoms with Gasteiger partial charge in [0.1, 0.15) is 5.75 Å². The molecule has 0 saturated carbocycles. The second-order valence-corrected chi connectivity index (χ2v) is 6.34. The van der Waals surface area contributed by atoms with Gasteiger partial charge >= 0.3 is 0 Å². The number of rotatable bonds is 6. The second-order valence-electron chi connectivity index (χ2n) is 6.34. The van der Waals surface area contributed by atoms with Crippen molar-refractivity contribution in [2.24, 2.45) is 5.73 Å². The first-order valence-electron chi connectivity index (χ1n) is 7.64. The van der Waals surface area contributed by atoms with E-state index in [4.69, 9.17) is 10.5 Å². The minimum atomic E-state index is -0.0371. The summed E-state index contributed by atoms with van der Waals surface area (Å²) >= 11 is 0. The van der Waals surface area contributed by atoms with E-state index in [1.165, 1.54) is 0 Å². The van der Waals surface area contributed by atoms with E-state index in [1.807, 2.05) is 35.1 Å². The average Bonchev–Trinajstić information content (AvgIpc) is 2.92. The minimum absolute atomic E-state index is 0.0371. The van der Waals surface area contributed by atoms with Crippen LogP contribution in [-0.2, 0) is 5.41 Å². The van der Waals surface area contributed by atoms with Crippen LogP contribution in [-0.4, -0.2) is 30.0 Å². The average molecular weight is 302 g/mol. The van der Waals surface area contributed by atoms with E-state index in [9.17, 15) is 0 Å². The summed E-state index contributed by atoms with van der Waals surface area (Å²) in [5.74, 6) is 0.825. The van der Waals surface area contributed by atoms with Crippen molar-refractivity contribution in [1.29, 1.82) is 0 Å². The number of nitrogens with zero attached hydrogens (tertiary/aromatic N) is 2. The number of nitrogens with two attached hydrogens (primary N) is 1. The maximum absolute atomic E-state index is 5.57. The predicted octanol–water partition coefficient (Wildman–Crippen LogP) is 2.94. The molecule has 1 aromatic heterocycles. The maximum atomic E-state index is 5.57. The van der Waals surface area contributed by atoms with E-state index in [0.29, 0.717) is 6.54 Å². The minimum Gasteiger partial charge on any atom is -0.497 e. The van der Waals surface area contributed by atoms with E-state index in [-0.39, 0.29) is 5.41 Å². The third-order valence-electron chi connectivity index (χ3n) is 3.47. The lowest BCUT2D eigenvalue weighted by Gasteiger charge is -2.23. The summed E-state index contributed by atoms with van der Waals surface area (Å²) in [5.41, 5.74) is 8.74. The largest absolute Gasteiger partial charge is 0.497 e. The number of aromatic nitrogens is 2. The zero-order valence-electron chi connectivity index (χ0n) is 13.9. The van der Waals surface area contributed by atoms with Gasteiger partial charge in [-0.3, -0.25) is 0 Å². The number of hydrogen-bond acceptors (Lipinski definition) is 4. The fraction of sp³-hybridized carbons (Fsp3) is 0.471. The summed E-state index contributed by atoms with van der Waals surface area (Å²) in [6, 6.07) is 7.94. The van der Waals surface area contributed by atoms with Gasteiger partial charge in [-0.1, -0.05) is 26.8 Å². The molecule has 5 heteroatoms. The van der Waals surface area contributed by atoms with Crippen molar-refractivity contribution in [2.75, 3.05) is 25.5 Å². The highest BCUT2D eigenvalue weighted by molar-refractivity contribution is 5.53. The van der Waals surface area contributed by atoms with E-state index in [0.717, 1.165) is 35.8 Å². The first kappa shape index (κ1) is 16.4. The van der Waals surface area contributed by atoms with Gasteiger partial charge in [-0.15, -0.1) is 0 Å². The topological polar surface area (TPSA) is 65.1 Å². The third-order valence-corrected chi connectivity index (χ3v) is 3.47. The summed E-state index contributed by atoms with van der Waals surface area (Å²) in [7, 11) is 1.67. The number of benzene rings is 1. The molecule has 2 rings (SSSR count). The van der Waals surface area contributed by atoms with Crippen molar-refractivity contribution in [3.8, 4) is 11.4 Å². The molecule has 0 atom stereocenters. The standard InChI is InChI=1S/C17H26N4O/c1-17(2,3)16-15(19-10-6-9-18)12-20-21(16)13-7-5-8-14(11-13)22-4/h5,7-8,11-12,19H,6,9-10,18H2,1-4H3. The number of methoxy groups -OCH3 is 1. The van der Waals surface area contributed by atoms with Crippen LogP contribution >= 0.6 is 0 Å². The lowest BCUT2D eigenvalue weighted by Crippen LogP contribution is -2.20. The molecule has 0 radical (unpaired) electrons. The summed E-state index contributed by atoms with van der Waals surface area (Å²) in [4.78, 5) is 0. The molecule has 0 aliphatic heterocycles. The van der Waals surface area contributed by atoms with Crippen molar-refractivity contribution in [3.05, 3.63) is 36.2 Å². The Hall–Kier alpha value is -2.01. The van der Waals surface area contributed by atoms with Crippen LogP contribution in [0.1, 0.15) is 32.9 Å². The summed E-state index contributed by atoms with van der Waals surface area (Å²) in [6.45, 7) is 8.10. The molecule has 0 fully saturated rings. The highest BCUT2D eigenvalue weighted by Crippen LogP contribution is 2.32. The van der Waals surface area contributed by atoms with E-state index < -0.39 is 0 Å². The Balaban J connectivity index is 2.42. The molecule has 2 aromatic rings. The van der Waals surface area contributed by atoms with E-state index >= 15 is 0 Å². The van der Waals surface area contributed by atoms with Gasteiger partial charge in [0.25, 0.3) is 0 Å². The monoisotopic (exact) mass is 302 g/mol. The first-order valence-corrected chi connectivity index (χ1v) is 7.64. The SMILES string of the molecule is COc1cccc(-n2ncc(NCCCN)c2C(C)(C)C)c1. The lowest BCUT2D eigenvalue weighted by atomic mass is 9.91. The highest BCUT2D eigenvalue weighted by atomic mass is 16.5. The number of nitrogens with one attached hydrogen (secondary N) is 1. The molecular formula is C17H26N4O. The molecule has 0 aliphatic rings. The zero-order chi connectivity index (χ0) is 16.2. The van der Waals surface area contributed by atoms with Crippen LogP contribution in [0.5, 0.6) is 5.75 Å². The van der Waals surface area contributed by atoms with E-state index in [2.05, 4.69) is 31.2 Å². The van der Waals surface area contributed by atoms with Gasteiger partial charge in [0.2, 0.25) is 0 Å². The molecule has 0 bridgehead atoms.